The zero-order valence-corrected chi connectivity index (χ0v) is 13.2. The van der Waals surface area contributed by atoms with Gasteiger partial charge in [0, 0.05) is 19.8 Å². The van der Waals surface area contributed by atoms with Gasteiger partial charge >= 0.3 is 6.09 Å². The molecule has 0 saturated carbocycles. The van der Waals surface area contributed by atoms with Gasteiger partial charge in [0.05, 0.1) is 13.2 Å². The number of alkyl carbamates (subject to hydrolysis) is 1. The average molecular weight is 311 g/mol. The Labute approximate surface area is 131 Å². The molecular weight excluding hydrogens is 286 g/mol. The summed E-state index contributed by atoms with van der Waals surface area (Å²) in [7, 11) is 0. The second-order valence-electron chi connectivity index (χ2n) is 4.40. The molecule has 1 N–H and O–H groups in total. The molecule has 0 atom stereocenters. The average Bonchev–Trinajstić information content (AvgIpc) is 2.54. The van der Waals surface area contributed by atoms with Gasteiger partial charge in [-0.1, -0.05) is 30.3 Å². The molecule has 0 aromatic heterocycles. The molecule has 0 heterocycles. The minimum absolute atomic E-state index is 0.254. The highest BCUT2D eigenvalue weighted by atomic mass is 16.7. The van der Waals surface area contributed by atoms with E-state index in [1.54, 1.807) is 0 Å². The largest absolute Gasteiger partial charge is 0.445 e. The minimum Gasteiger partial charge on any atom is -0.445 e. The monoisotopic (exact) mass is 311 g/mol. The molecule has 1 aromatic carbocycles. The molecule has 0 fully saturated rings. The van der Waals surface area contributed by atoms with E-state index in [9.17, 15) is 4.79 Å². The molecule has 0 unspecified atom stereocenters. The Morgan fingerprint density at radius 2 is 1.82 bits per heavy atom. The summed E-state index contributed by atoms with van der Waals surface area (Å²) in [5.41, 5.74) is 0.949. The van der Waals surface area contributed by atoms with Gasteiger partial charge < -0.3 is 24.3 Å². The first-order valence-corrected chi connectivity index (χ1v) is 7.51. The zero-order valence-electron chi connectivity index (χ0n) is 13.2. The van der Waals surface area contributed by atoms with Crippen LogP contribution >= 0.6 is 0 Å². The Morgan fingerprint density at radius 1 is 1.14 bits per heavy atom. The first kappa shape index (κ1) is 18.4. The van der Waals surface area contributed by atoms with Crippen LogP contribution in [-0.2, 0) is 25.6 Å². The fourth-order valence-electron chi connectivity index (χ4n) is 1.70. The van der Waals surface area contributed by atoms with E-state index in [-0.39, 0.29) is 12.9 Å². The van der Waals surface area contributed by atoms with E-state index < -0.39 is 6.09 Å². The van der Waals surface area contributed by atoms with E-state index >= 15 is 0 Å². The Hall–Kier alpha value is -1.63. The minimum atomic E-state index is -0.460. The number of carbonyl (C=O) groups excluding carboxylic acids is 1. The lowest BCUT2D eigenvalue weighted by molar-refractivity contribution is -0.166. The van der Waals surface area contributed by atoms with Crippen LogP contribution in [0.2, 0.25) is 0 Å². The van der Waals surface area contributed by atoms with Crippen molar-refractivity contribution in [3.8, 4) is 0 Å². The molecule has 0 spiro atoms. The van der Waals surface area contributed by atoms with Gasteiger partial charge in [0.1, 0.15) is 6.61 Å². The van der Waals surface area contributed by atoms with Crippen LogP contribution in [0.5, 0.6) is 0 Å². The number of rotatable bonds is 11. The lowest BCUT2D eigenvalue weighted by Gasteiger charge is -2.16. The predicted octanol–water partition coefficient (Wildman–Crippen LogP) is 2.33. The molecule has 0 aliphatic heterocycles. The molecule has 0 bridgehead atoms. The van der Waals surface area contributed by atoms with E-state index in [1.165, 1.54) is 0 Å². The van der Waals surface area contributed by atoms with Gasteiger partial charge in [-0.15, -0.1) is 0 Å². The summed E-state index contributed by atoms with van der Waals surface area (Å²) in [4.78, 5) is 11.5. The highest BCUT2D eigenvalue weighted by Crippen LogP contribution is 2.00. The fourth-order valence-corrected chi connectivity index (χ4v) is 1.70. The first-order valence-electron chi connectivity index (χ1n) is 7.51. The van der Waals surface area contributed by atoms with Crippen molar-refractivity contribution >= 4 is 6.09 Å². The van der Waals surface area contributed by atoms with Gasteiger partial charge in [0.25, 0.3) is 0 Å². The molecule has 0 aliphatic rings. The molecular formula is C16H25NO5. The highest BCUT2D eigenvalue weighted by Gasteiger charge is 2.08. The number of amides is 1. The maximum absolute atomic E-state index is 11.5. The van der Waals surface area contributed by atoms with Crippen LogP contribution in [0.25, 0.3) is 0 Å². The second kappa shape index (κ2) is 12.0. The maximum Gasteiger partial charge on any atom is 0.407 e. The van der Waals surface area contributed by atoms with Crippen molar-refractivity contribution in [2.45, 2.75) is 26.7 Å². The SMILES string of the molecule is CCOC(COCCNC(=O)OCc1ccccc1)OCC. The number of ether oxygens (including phenoxy) is 4. The molecule has 124 valence electrons. The van der Waals surface area contributed by atoms with Gasteiger partial charge in [-0.2, -0.15) is 0 Å². The van der Waals surface area contributed by atoms with Gasteiger partial charge in [-0.05, 0) is 19.4 Å². The van der Waals surface area contributed by atoms with Crippen LogP contribution in [0.15, 0.2) is 30.3 Å². The Balaban J connectivity index is 2.05. The van der Waals surface area contributed by atoms with Crippen LogP contribution < -0.4 is 5.32 Å². The van der Waals surface area contributed by atoms with E-state index in [0.717, 1.165) is 5.56 Å². The van der Waals surface area contributed by atoms with Gasteiger partial charge in [0.15, 0.2) is 6.29 Å². The van der Waals surface area contributed by atoms with Crippen LogP contribution in [0.1, 0.15) is 19.4 Å². The normalized spacial score (nSPS) is 10.7. The van der Waals surface area contributed by atoms with Crippen molar-refractivity contribution in [1.29, 1.82) is 0 Å². The number of benzene rings is 1. The summed E-state index contributed by atoms with van der Waals surface area (Å²) in [6, 6.07) is 9.52. The summed E-state index contributed by atoms with van der Waals surface area (Å²) in [6.07, 6.45) is -0.821. The summed E-state index contributed by atoms with van der Waals surface area (Å²) < 4.78 is 21.1. The second-order valence-corrected chi connectivity index (χ2v) is 4.40. The zero-order chi connectivity index (χ0) is 16.0. The molecule has 22 heavy (non-hydrogen) atoms. The van der Waals surface area contributed by atoms with E-state index in [1.807, 2.05) is 44.2 Å². The van der Waals surface area contributed by atoms with Crippen molar-refractivity contribution in [3.05, 3.63) is 35.9 Å². The molecule has 1 aromatic rings. The Kier molecular flexibility index (Phi) is 10.0. The fraction of sp³-hybridized carbons (Fsp3) is 0.562. The summed E-state index contributed by atoms with van der Waals surface area (Å²) in [5.74, 6) is 0. The van der Waals surface area contributed by atoms with Crippen molar-refractivity contribution in [2.75, 3.05) is 33.0 Å². The van der Waals surface area contributed by atoms with Crippen LogP contribution in [0, 0.1) is 0 Å². The number of hydrogen-bond donors (Lipinski definition) is 1. The van der Waals surface area contributed by atoms with Gasteiger partial charge in [-0.3, -0.25) is 0 Å². The molecule has 0 aliphatic carbocycles. The molecule has 6 nitrogen and oxygen atoms in total. The summed E-state index contributed by atoms with van der Waals surface area (Å²) in [5, 5.41) is 2.62. The van der Waals surface area contributed by atoms with Gasteiger partial charge in [0.2, 0.25) is 0 Å². The third kappa shape index (κ3) is 8.61. The lowest BCUT2D eigenvalue weighted by atomic mass is 10.2. The molecule has 0 radical (unpaired) electrons. The Bertz CT molecular complexity index is 393. The molecule has 6 heteroatoms. The quantitative estimate of drug-likeness (QED) is 0.502. The smallest absolute Gasteiger partial charge is 0.407 e. The third-order valence-corrected chi connectivity index (χ3v) is 2.69. The molecule has 1 rings (SSSR count). The Morgan fingerprint density at radius 3 is 2.45 bits per heavy atom. The lowest BCUT2D eigenvalue weighted by Crippen LogP contribution is -2.30. The van der Waals surface area contributed by atoms with E-state index in [2.05, 4.69) is 5.32 Å². The van der Waals surface area contributed by atoms with Crippen LogP contribution in [0.3, 0.4) is 0 Å². The number of nitrogens with one attached hydrogen (secondary N) is 1. The van der Waals surface area contributed by atoms with Crippen molar-refractivity contribution < 1.29 is 23.7 Å². The summed E-state index contributed by atoms with van der Waals surface area (Å²) >= 11 is 0. The number of hydrogen-bond acceptors (Lipinski definition) is 5. The maximum atomic E-state index is 11.5. The topological polar surface area (TPSA) is 66.0 Å². The predicted molar refractivity (Wildman–Crippen MR) is 82.5 cm³/mol. The van der Waals surface area contributed by atoms with Gasteiger partial charge in [-0.25, -0.2) is 4.79 Å². The molecule has 1 amide bonds. The van der Waals surface area contributed by atoms with Crippen molar-refractivity contribution in [1.82, 2.24) is 5.32 Å². The first-order chi connectivity index (χ1) is 10.8. The summed E-state index contributed by atoms with van der Waals surface area (Å²) in [6.45, 7) is 6.27. The van der Waals surface area contributed by atoms with Crippen molar-refractivity contribution in [2.24, 2.45) is 0 Å². The third-order valence-electron chi connectivity index (χ3n) is 2.69. The standard InChI is InChI=1S/C16H25NO5/c1-3-20-15(21-4-2)13-19-11-10-17-16(18)22-12-14-8-6-5-7-9-14/h5-9,15H,3-4,10-13H2,1-2H3,(H,17,18). The van der Waals surface area contributed by atoms with Crippen molar-refractivity contribution in [3.63, 3.8) is 0 Å². The number of carbonyl (C=O) groups is 1. The highest BCUT2D eigenvalue weighted by molar-refractivity contribution is 5.67. The van der Waals surface area contributed by atoms with E-state index in [0.29, 0.717) is 33.0 Å². The van der Waals surface area contributed by atoms with E-state index in [4.69, 9.17) is 18.9 Å². The van der Waals surface area contributed by atoms with Crippen LogP contribution in [-0.4, -0.2) is 45.4 Å². The molecule has 0 saturated heterocycles. The van der Waals surface area contributed by atoms with Crippen LogP contribution in [0.4, 0.5) is 4.79 Å².